The zero-order chi connectivity index (χ0) is 37.7. The Hall–Kier alpha value is -5.42. The molecule has 0 N–H and O–H groups in total. The first-order valence-corrected chi connectivity index (χ1v) is 18.8. The minimum absolute atomic E-state index is 0.589. The molecular formula is C39H34B10N4O. The van der Waals surface area contributed by atoms with E-state index in [1.807, 2.05) is 0 Å². The third-order valence-electron chi connectivity index (χ3n) is 12.6. The van der Waals surface area contributed by atoms with Crippen LogP contribution in [0, 0.1) is 0 Å². The van der Waals surface area contributed by atoms with Crippen LogP contribution in [0.5, 0.6) is 0 Å². The van der Waals surface area contributed by atoms with Crippen LogP contribution < -0.4 is 54.6 Å². The zero-order valence-electron chi connectivity index (χ0n) is 32.8. The van der Waals surface area contributed by atoms with Crippen molar-refractivity contribution in [2.75, 3.05) is 0 Å². The summed E-state index contributed by atoms with van der Waals surface area (Å²) in [4.78, 5) is 15.8. The van der Waals surface area contributed by atoms with E-state index >= 15 is 0 Å². The van der Waals surface area contributed by atoms with Crippen molar-refractivity contribution < 1.29 is 4.42 Å². The van der Waals surface area contributed by atoms with Crippen molar-refractivity contribution in [3.63, 3.8) is 0 Å². The van der Waals surface area contributed by atoms with Gasteiger partial charge in [0.25, 0.3) is 0 Å². The summed E-state index contributed by atoms with van der Waals surface area (Å²) in [5, 5.41) is 4.49. The molecule has 0 amide bonds. The lowest BCUT2D eigenvalue weighted by Gasteiger charge is -2.20. The number of hydrogen-bond donors (Lipinski definition) is 0. The molecule has 3 heterocycles. The molecule has 0 fully saturated rings. The van der Waals surface area contributed by atoms with Gasteiger partial charge >= 0.3 is 0 Å². The lowest BCUT2D eigenvalue weighted by atomic mass is 9.59. The lowest BCUT2D eigenvalue weighted by molar-refractivity contribution is 0.669. The molecule has 9 aromatic rings. The minimum Gasteiger partial charge on any atom is -0.456 e. The molecule has 0 atom stereocenters. The van der Waals surface area contributed by atoms with Crippen LogP contribution in [0.15, 0.2) is 89.3 Å². The molecule has 9 rings (SSSR count). The van der Waals surface area contributed by atoms with E-state index in [9.17, 15) is 0 Å². The van der Waals surface area contributed by atoms with Crippen molar-refractivity contribution in [3.8, 4) is 39.9 Å². The molecule has 0 unspecified atom stereocenters. The maximum atomic E-state index is 6.57. The van der Waals surface area contributed by atoms with Crippen LogP contribution in [-0.4, -0.2) is 98.0 Å². The second kappa shape index (κ2) is 12.6. The zero-order valence-corrected chi connectivity index (χ0v) is 32.8. The molecule has 0 aliphatic heterocycles. The second-order valence-electron chi connectivity index (χ2n) is 15.2. The largest absolute Gasteiger partial charge is 0.456 e. The highest BCUT2D eigenvalue weighted by Crippen LogP contribution is 2.35. The van der Waals surface area contributed by atoms with Gasteiger partial charge in [-0.3, -0.25) is 4.57 Å². The fourth-order valence-corrected chi connectivity index (χ4v) is 8.68. The molecule has 0 aliphatic carbocycles. The Morgan fingerprint density at radius 3 is 1.48 bits per heavy atom. The van der Waals surface area contributed by atoms with Crippen molar-refractivity contribution in [1.29, 1.82) is 0 Å². The van der Waals surface area contributed by atoms with Crippen molar-refractivity contribution in [1.82, 2.24) is 19.5 Å². The molecule has 0 spiro atoms. The summed E-state index contributed by atoms with van der Waals surface area (Å²) >= 11 is 0. The Morgan fingerprint density at radius 2 is 0.889 bits per heavy atom. The smallest absolute Gasteiger partial charge is 0.238 e. The van der Waals surface area contributed by atoms with Crippen LogP contribution in [0.1, 0.15) is 0 Å². The fourth-order valence-electron chi connectivity index (χ4n) is 8.68. The lowest BCUT2D eigenvalue weighted by Crippen LogP contribution is -2.55. The van der Waals surface area contributed by atoms with Gasteiger partial charge in [0.05, 0.1) is 11.0 Å². The van der Waals surface area contributed by atoms with Gasteiger partial charge in [-0.15, -0.1) is 32.8 Å². The maximum Gasteiger partial charge on any atom is 0.238 e. The Morgan fingerprint density at radius 1 is 0.389 bits per heavy atom. The van der Waals surface area contributed by atoms with E-state index in [0.717, 1.165) is 54.9 Å². The minimum atomic E-state index is 0.589. The highest BCUT2D eigenvalue weighted by atomic mass is 16.3. The number of hydrogen-bond acceptors (Lipinski definition) is 4. The number of furan rings is 1. The predicted octanol–water partition coefficient (Wildman–Crippen LogP) is -7.55. The van der Waals surface area contributed by atoms with Crippen LogP contribution in [0.2, 0.25) is 0 Å². The quantitative estimate of drug-likeness (QED) is 0.173. The first-order valence-electron chi connectivity index (χ1n) is 18.8. The summed E-state index contributed by atoms with van der Waals surface area (Å²) in [6.07, 6.45) is 0. The molecule has 6 aromatic carbocycles. The Kier molecular flexibility index (Phi) is 8.00. The van der Waals surface area contributed by atoms with Crippen LogP contribution in [-0.2, 0) is 0 Å². The average Bonchev–Trinajstić information content (AvgIpc) is 3.73. The summed E-state index contributed by atoms with van der Waals surface area (Å²) in [6.45, 7) is 0. The number of para-hydroxylation sites is 2. The summed E-state index contributed by atoms with van der Waals surface area (Å²) < 4.78 is 8.75. The van der Waals surface area contributed by atoms with E-state index in [-0.39, 0.29) is 0 Å². The first kappa shape index (κ1) is 34.4. The van der Waals surface area contributed by atoms with E-state index < -0.39 is 0 Å². The molecule has 0 bridgehead atoms. The molecule has 0 radical (unpaired) electrons. The van der Waals surface area contributed by atoms with Crippen molar-refractivity contribution >= 4 is 177 Å². The van der Waals surface area contributed by atoms with Gasteiger partial charge in [0.1, 0.15) is 89.6 Å². The second-order valence-corrected chi connectivity index (χ2v) is 15.2. The van der Waals surface area contributed by atoms with Gasteiger partial charge in [-0.25, -0.2) is 4.98 Å². The van der Waals surface area contributed by atoms with Crippen molar-refractivity contribution in [2.24, 2.45) is 0 Å². The number of fused-ring (bicyclic) bond motifs is 6. The van der Waals surface area contributed by atoms with E-state index in [0.29, 0.717) is 17.6 Å². The average molecular weight is 683 g/mol. The van der Waals surface area contributed by atoms with Gasteiger partial charge in [-0.2, -0.15) is 9.97 Å². The molecule has 5 nitrogen and oxygen atoms in total. The van der Waals surface area contributed by atoms with Crippen molar-refractivity contribution in [2.45, 2.75) is 0 Å². The predicted molar refractivity (Wildman–Crippen MR) is 260 cm³/mol. The third-order valence-corrected chi connectivity index (χ3v) is 12.6. The fraction of sp³-hybridized carbons (Fsp3) is 0. The normalized spacial score (nSPS) is 11.7. The standard InChI is InChI=1S/C39H34B10N4O/c40-27-25(28(41)32(45)35(48)31(27)44)15-10-12-23-20(13-15)19-11-9-16(14-24(19)54-23)37-50-38(26-29(42)33(46)36(49)34(47)30(26)43)52-39(51-37)53-21-7-3-1-5-17(21)18-6-2-4-8-22(18)53/h1-14H,40-49H2. The molecule has 246 valence electrons. The molecule has 0 aliphatic rings. The van der Waals surface area contributed by atoms with E-state index in [1.54, 1.807) is 0 Å². The number of aromatic nitrogens is 4. The molecule has 54 heavy (non-hydrogen) atoms. The highest BCUT2D eigenvalue weighted by Gasteiger charge is 2.22. The van der Waals surface area contributed by atoms with Gasteiger partial charge in [0, 0.05) is 32.7 Å². The summed E-state index contributed by atoms with van der Waals surface area (Å²) in [5.41, 5.74) is 21.2. The summed E-state index contributed by atoms with van der Waals surface area (Å²) in [5.74, 6) is 1.86. The molecule has 0 saturated carbocycles. The monoisotopic (exact) mass is 684 g/mol. The Bertz CT molecular complexity index is 2970. The molecule has 0 saturated heterocycles. The number of rotatable bonds is 4. The third kappa shape index (κ3) is 5.04. The number of nitrogens with zero attached hydrogens (tertiary/aromatic N) is 4. The SMILES string of the molecule is Bc1c(B)c(B)c(-c2ccc3oc4cc(-c5nc(-c6c(B)c(B)c(B)c(B)c6B)nc(-n6c7ccccc7c7ccccc76)n5)ccc4c3c2)c(B)c1B. The Balaban J connectivity index is 1.27. The van der Waals surface area contributed by atoms with E-state index in [2.05, 4.69) is 168 Å². The number of benzene rings is 6. The van der Waals surface area contributed by atoms with E-state index in [4.69, 9.17) is 19.4 Å². The first-order chi connectivity index (χ1) is 25.9. The molecule has 15 heteroatoms. The van der Waals surface area contributed by atoms with Gasteiger partial charge in [-0.05, 0) is 47.5 Å². The van der Waals surface area contributed by atoms with Crippen LogP contribution in [0.4, 0.5) is 0 Å². The molecule has 3 aromatic heterocycles. The van der Waals surface area contributed by atoms with Gasteiger partial charge in [0.2, 0.25) is 5.95 Å². The summed E-state index contributed by atoms with van der Waals surface area (Å²) in [6, 6.07) is 29.9. The topological polar surface area (TPSA) is 56.7 Å². The Labute approximate surface area is 324 Å². The summed E-state index contributed by atoms with van der Waals surface area (Å²) in [7, 11) is 22.1. The van der Waals surface area contributed by atoms with Crippen molar-refractivity contribution in [3.05, 3.63) is 84.9 Å². The van der Waals surface area contributed by atoms with Crippen LogP contribution >= 0.6 is 0 Å². The van der Waals surface area contributed by atoms with Crippen LogP contribution in [0.25, 0.3) is 83.6 Å². The van der Waals surface area contributed by atoms with Gasteiger partial charge < -0.3 is 4.42 Å². The van der Waals surface area contributed by atoms with E-state index in [1.165, 1.54) is 65.8 Å². The van der Waals surface area contributed by atoms with Gasteiger partial charge in [0.15, 0.2) is 11.6 Å². The molecular weight excluding hydrogens is 649 g/mol. The van der Waals surface area contributed by atoms with Gasteiger partial charge in [-0.1, -0.05) is 70.4 Å². The van der Waals surface area contributed by atoms with Crippen LogP contribution in [0.3, 0.4) is 0 Å². The highest BCUT2D eigenvalue weighted by molar-refractivity contribution is 6.69. The maximum absolute atomic E-state index is 6.57.